The van der Waals surface area contributed by atoms with Crippen LogP contribution < -0.4 is 15.4 Å². The van der Waals surface area contributed by atoms with Gasteiger partial charge in [-0.15, -0.1) is 11.3 Å². The summed E-state index contributed by atoms with van der Waals surface area (Å²) in [7, 11) is -3.72. The van der Waals surface area contributed by atoms with Crippen molar-refractivity contribution in [1.82, 2.24) is 5.32 Å². The van der Waals surface area contributed by atoms with Gasteiger partial charge in [-0.1, -0.05) is 24.3 Å². The zero-order chi connectivity index (χ0) is 20.9. The zero-order valence-corrected chi connectivity index (χ0v) is 17.1. The molecule has 1 heterocycles. The Morgan fingerprint density at radius 2 is 1.66 bits per heavy atom. The lowest BCUT2D eigenvalue weighted by molar-refractivity contribution is -0.119. The van der Waals surface area contributed by atoms with Crippen LogP contribution in [0.15, 0.2) is 71.6 Å². The van der Waals surface area contributed by atoms with E-state index in [4.69, 9.17) is 0 Å². The molecule has 2 aromatic carbocycles. The summed E-state index contributed by atoms with van der Waals surface area (Å²) in [5.41, 5.74) is 0.796. The standard InChI is InChI=1S/C20H19N3O4S2/c1-14(24)21-13-17-10-11-19(28-17)20(25)22-15-6-5-7-16(12-15)23-29(26,27)18-8-3-2-4-9-18/h2-12,23H,13H2,1H3,(H,21,24)(H,22,25). The summed E-state index contributed by atoms with van der Waals surface area (Å²) in [4.78, 5) is 24.9. The van der Waals surface area contributed by atoms with Crippen LogP contribution in [0.25, 0.3) is 0 Å². The van der Waals surface area contributed by atoms with Gasteiger partial charge < -0.3 is 10.6 Å². The molecule has 0 aliphatic carbocycles. The summed E-state index contributed by atoms with van der Waals surface area (Å²) in [5, 5.41) is 5.43. The smallest absolute Gasteiger partial charge is 0.265 e. The predicted molar refractivity (Wildman–Crippen MR) is 113 cm³/mol. The lowest BCUT2D eigenvalue weighted by Crippen LogP contribution is -2.18. The van der Waals surface area contributed by atoms with Crippen LogP contribution in [-0.2, 0) is 21.4 Å². The molecule has 7 nitrogen and oxygen atoms in total. The topological polar surface area (TPSA) is 104 Å². The third-order valence-corrected chi connectivity index (χ3v) is 6.30. The molecule has 3 aromatic rings. The highest BCUT2D eigenvalue weighted by Crippen LogP contribution is 2.22. The van der Waals surface area contributed by atoms with E-state index in [2.05, 4.69) is 15.4 Å². The fourth-order valence-corrected chi connectivity index (χ4v) is 4.39. The number of rotatable bonds is 7. The van der Waals surface area contributed by atoms with Crippen molar-refractivity contribution >= 4 is 44.5 Å². The molecule has 0 saturated carbocycles. The van der Waals surface area contributed by atoms with Gasteiger partial charge in [0, 0.05) is 17.5 Å². The van der Waals surface area contributed by atoms with Crippen LogP contribution in [0.1, 0.15) is 21.5 Å². The fourth-order valence-electron chi connectivity index (χ4n) is 2.47. The Morgan fingerprint density at radius 1 is 0.931 bits per heavy atom. The molecule has 0 unspecified atom stereocenters. The van der Waals surface area contributed by atoms with Crippen LogP contribution in [0.4, 0.5) is 11.4 Å². The van der Waals surface area contributed by atoms with Gasteiger partial charge in [0.25, 0.3) is 15.9 Å². The number of carbonyl (C=O) groups is 2. The van der Waals surface area contributed by atoms with E-state index in [-0.39, 0.29) is 16.7 Å². The summed E-state index contributed by atoms with van der Waals surface area (Å²) < 4.78 is 27.4. The molecule has 1 aromatic heterocycles. The second-order valence-corrected chi connectivity index (χ2v) is 8.98. The monoisotopic (exact) mass is 429 g/mol. The molecule has 0 fully saturated rings. The Hall–Kier alpha value is -3.17. The third-order valence-electron chi connectivity index (χ3n) is 3.82. The van der Waals surface area contributed by atoms with Gasteiger partial charge in [0.2, 0.25) is 5.91 Å². The Labute approximate surface area is 172 Å². The minimum atomic E-state index is -3.72. The molecule has 0 saturated heterocycles. The number of amides is 2. The molecule has 3 N–H and O–H groups in total. The van der Waals surface area contributed by atoms with E-state index in [1.165, 1.54) is 30.4 Å². The molecular weight excluding hydrogens is 410 g/mol. The van der Waals surface area contributed by atoms with Gasteiger partial charge in [-0.2, -0.15) is 0 Å². The van der Waals surface area contributed by atoms with Gasteiger partial charge in [0.1, 0.15) is 0 Å². The van der Waals surface area contributed by atoms with Gasteiger partial charge >= 0.3 is 0 Å². The van der Waals surface area contributed by atoms with Crippen molar-refractivity contribution in [1.29, 1.82) is 0 Å². The zero-order valence-electron chi connectivity index (χ0n) is 15.5. The average Bonchev–Trinajstić information content (AvgIpc) is 3.16. The second kappa shape index (κ2) is 8.89. The number of anilines is 2. The lowest BCUT2D eigenvalue weighted by atomic mass is 10.3. The molecule has 0 aliphatic heterocycles. The van der Waals surface area contributed by atoms with E-state index < -0.39 is 10.0 Å². The molecule has 2 amide bonds. The molecular formula is C20H19N3O4S2. The van der Waals surface area contributed by atoms with Crippen LogP contribution in [0.3, 0.4) is 0 Å². The van der Waals surface area contributed by atoms with Gasteiger partial charge in [-0.3, -0.25) is 14.3 Å². The molecule has 0 radical (unpaired) electrons. The minimum Gasteiger partial charge on any atom is -0.351 e. The maximum absolute atomic E-state index is 12.5. The summed E-state index contributed by atoms with van der Waals surface area (Å²) in [6.07, 6.45) is 0. The summed E-state index contributed by atoms with van der Waals surface area (Å²) in [5.74, 6) is -0.452. The Bertz CT molecular complexity index is 1130. The number of benzene rings is 2. The first-order valence-electron chi connectivity index (χ1n) is 8.66. The van der Waals surface area contributed by atoms with Crippen molar-refractivity contribution in [3.63, 3.8) is 0 Å². The molecule has 0 spiro atoms. The van der Waals surface area contributed by atoms with Crippen molar-refractivity contribution in [2.24, 2.45) is 0 Å². The molecule has 3 rings (SSSR count). The minimum absolute atomic E-state index is 0.140. The van der Waals surface area contributed by atoms with E-state index in [9.17, 15) is 18.0 Å². The van der Waals surface area contributed by atoms with Crippen LogP contribution in [0.2, 0.25) is 0 Å². The lowest BCUT2D eigenvalue weighted by Gasteiger charge is -2.10. The van der Waals surface area contributed by atoms with Crippen LogP contribution in [0, 0.1) is 0 Å². The molecule has 150 valence electrons. The van der Waals surface area contributed by atoms with Crippen molar-refractivity contribution in [3.8, 4) is 0 Å². The number of hydrogen-bond acceptors (Lipinski definition) is 5. The first kappa shape index (κ1) is 20.6. The SMILES string of the molecule is CC(=O)NCc1ccc(C(=O)Nc2cccc(NS(=O)(=O)c3ccccc3)c2)s1. The van der Waals surface area contributed by atoms with Crippen LogP contribution in [-0.4, -0.2) is 20.2 Å². The highest BCUT2D eigenvalue weighted by Gasteiger charge is 2.14. The van der Waals surface area contributed by atoms with Gasteiger partial charge in [0.15, 0.2) is 0 Å². The largest absolute Gasteiger partial charge is 0.351 e. The Balaban J connectivity index is 1.68. The van der Waals surface area contributed by atoms with Crippen LogP contribution >= 0.6 is 11.3 Å². The van der Waals surface area contributed by atoms with Gasteiger partial charge in [-0.05, 0) is 42.5 Å². The maximum atomic E-state index is 12.5. The average molecular weight is 430 g/mol. The third kappa shape index (κ3) is 5.66. The first-order valence-corrected chi connectivity index (χ1v) is 11.0. The Kier molecular flexibility index (Phi) is 6.30. The summed E-state index contributed by atoms with van der Waals surface area (Å²) >= 11 is 1.28. The van der Waals surface area contributed by atoms with Crippen molar-refractivity contribution in [2.45, 2.75) is 18.4 Å². The van der Waals surface area contributed by atoms with Crippen LogP contribution in [0.5, 0.6) is 0 Å². The molecule has 0 atom stereocenters. The summed E-state index contributed by atoms with van der Waals surface area (Å²) in [6, 6.07) is 18.0. The fraction of sp³-hybridized carbons (Fsp3) is 0.100. The second-order valence-electron chi connectivity index (χ2n) is 6.13. The molecule has 9 heteroatoms. The van der Waals surface area contributed by atoms with Gasteiger partial charge in [0.05, 0.1) is 22.0 Å². The Morgan fingerprint density at radius 3 is 2.38 bits per heavy atom. The highest BCUT2D eigenvalue weighted by atomic mass is 32.2. The molecule has 0 bridgehead atoms. The van der Waals surface area contributed by atoms with Crippen molar-refractivity contribution in [2.75, 3.05) is 10.0 Å². The maximum Gasteiger partial charge on any atom is 0.265 e. The van der Waals surface area contributed by atoms with E-state index in [1.54, 1.807) is 54.6 Å². The number of carbonyl (C=O) groups excluding carboxylic acids is 2. The number of thiophene rings is 1. The van der Waals surface area contributed by atoms with E-state index >= 15 is 0 Å². The first-order chi connectivity index (χ1) is 13.8. The van der Waals surface area contributed by atoms with E-state index in [0.29, 0.717) is 22.8 Å². The normalized spacial score (nSPS) is 10.9. The van der Waals surface area contributed by atoms with E-state index in [1.807, 2.05) is 0 Å². The van der Waals surface area contributed by atoms with E-state index in [0.717, 1.165) is 4.88 Å². The number of hydrogen-bond donors (Lipinski definition) is 3. The predicted octanol–water partition coefficient (Wildman–Crippen LogP) is 3.44. The summed E-state index contributed by atoms with van der Waals surface area (Å²) in [6.45, 7) is 1.80. The van der Waals surface area contributed by atoms with Crippen molar-refractivity contribution in [3.05, 3.63) is 76.5 Å². The molecule has 29 heavy (non-hydrogen) atoms. The number of nitrogens with one attached hydrogen (secondary N) is 3. The number of sulfonamides is 1. The highest BCUT2D eigenvalue weighted by molar-refractivity contribution is 7.92. The quantitative estimate of drug-likeness (QED) is 0.535. The van der Waals surface area contributed by atoms with Gasteiger partial charge in [-0.25, -0.2) is 8.42 Å². The molecule has 0 aliphatic rings. The van der Waals surface area contributed by atoms with Crippen molar-refractivity contribution < 1.29 is 18.0 Å².